The molecule has 0 radical (unpaired) electrons. The molecule has 0 amide bonds. The first-order valence-corrected chi connectivity index (χ1v) is 3.81. The quantitative estimate of drug-likeness (QED) is 0.568. The second-order valence-corrected chi connectivity index (χ2v) is 3.03. The van der Waals surface area contributed by atoms with Crippen molar-refractivity contribution < 1.29 is 4.74 Å². The Morgan fingerprint density at radius 3 is 3.18 bits per heavy atom. The largest absolute Gasteiger partial charge is 0.463 e. The Labute approximate surface area is 66.0 Å². The van der Waals surface area contributed by atoms with Crippen molar-refractivity contribution in [2.24, 2.45) is 11.7 Å². The lowest BCUT2D eigenvalue weighted by molar-refractivity contribution is 0.354. The van der Waals surface area contributed by atoms with E-state index in [0.717, 1.165) is 17.9 Å². The van der Waals surface area contributed by atoms with Gasteiger partial charge in [0.15, 0.2) is 0 Å². The minimum atomic E-state index is 0.441. The van der Waals surface area contributed by atoms with Gasteiger partial charge in [-0.2, -0.15) is 0 Å². The zero-order valence-corrected chi connectivity index (χ0v) is 6.50. The number of fused-ring (bicyclic) bond motifs is 1. The van der Waals surface area contributed by atoms with Crippen molar-refractivity contribution in [3.63, 3.8) is 0 Å². The van der Waals surface area contributed by atoms with E-state index in [4.69, 9.17) is 10.5 Å². The van der Waals surface area contributed by atoms with Crippen LogP contribution in [0.3, 0.4) is 0 Å². The molecule has 0 aromatic carbocycles. The summed E-state index contributed by atoms with van der Waals surface area (Å²) in [5, 5.41) is 0. The van der Waals surface area contributed by atoms with Crippen LogP contribution in [0.5, 0.6) is 0 Å². The number of hydrogen-bond donors (Lipinski definition) is 1. The van der Waals surface area contributed by atoms with Crippen LogP contribution in [0.25, 0.3) is 0 Å². The molecule has 11 heavy (non-hydrogen) atoms. The topological polar surface area (TPSA) is 35.2 Å². The van der Waals surface area contributed by atoms with E-state index in [0.29, 0.717) is 5.92 Å². The second kappa shape index (κ2) is 2.16. The van der Waals surface area contributed by atoms with E-state index >= 15 is 0 Å². The smallest absolute Gasteiger partial charge is 0.148 e. The molecule has 2 nitrogen and oxygen atoms in total. The summed E-state index contributed by atoms with van der Waals surface area (Å²) in [6, 6.07) is 0. The second-order valence-electron chi connectivity index (χ2n) is 3.03. The van der Waals surface area contributed by atoms with Gasteiger partial charge < -0.3 is 10.5 Å². The van der Waals surface area contributed by atoms with Crippen molar-refractivity contribution in [2.75, 3.05) is 0 Å². The zero-order chi connectivity index (χ0) is 7.84. The highest BCUT2D eigenvalue weighted by Crippen LogP contribution is 2.35. The third kappa shape index (κ3) is 0.862. The molecule has 1 heterocycles. The summed E-state index contributed by atoms with van der Waals surface area (Å²) < 4.78 is 5.29. The summed E-state index contributed by atoms with van der Waals surface area (Å²) in [6.45, 7) is 2.12. The monoisotopic (exact) mass is 149 g/mol. The van der Waals surface area contributed by atoms with Crippen LogP contribution in [0.1, 0.15) is 13.3 Å². The molecule has 1 aliphatic carbocycles. The lowest BCUT2D eigenvalue weighted by Gasteiger charge is -2.07. The molecule has 0 aromatic heterocycles. The Morgan fingerprint density at radius 2 is 2.45 bits per heavy atom. The van der Waals surface area contributed by atoms with Crippen molar-refractivity contribution in [2.45, 2.75) is 13.3 Å². The fourth-order valence-electron chi connectivity index (χ4n) is 1.49. The Morgan fingerprint density at radius 1 is 1.64 bits per heavy atom. The first-order chi connectivity index (χ1) is 5.29. The molecule has 0 spiro atoms. The molecular weight excluding hydrogens is 138 g/mol. The molecule has 0 aromatic rings. The van der Waals surface area contributed by atoms with Crippen molar-refractivity contribution >= 4 is 0 Å². The van der Waals surface area contributed by atoms with Gasteiger partial charge in [-0.3, -0.25) is 0 Å². The fourth-order valence-corrected chi connectivity index (χ4v) is 1.49. The molecule has 1 unspecified atom stereocenters. The maximum Gasteiger partial charge on any atom is 0.148 e. The summed E-state index contributed by atoms with van der Waals surface area (Å²) in [5.41, 5.74) is 7.94. The van der Waals surface area contributed by atoms with Crippen LogP contribution in [0.4, 0.5) is 0 Å². The summed E-state index contributed by atoms with van der Waals surface area (Å²) in [4.78, 5) is 0. The summed E-state index contributed by atoms with van der Waals surface area (Å²) in [6.07, 6.45) is 6.66. The van der Waals surface area contributed by atoms with Crippen LogP contribution in [-0.4, -0.2) is 0 Å². The van der Waals surface area contributed by atoms with Crippen molar-refractivity contribution in [1.29, 1.82) is 0 Å². The number of hydrogen-bond acceptors (Lipinski definition) is 2. The van der Waals surface area contributed by atoms with E-state index in [9.17, 15) is 0 Å². The van der Waals surface area contributed by atoms with E-state index in [1.807, 2.05) is 6.08 Å². The highest BCUT2D eigenvalue weighted by Gasteiger charge is 2.26. The minimum Gasteiger partial charge on any atom is -0.463 e. The Balaban J connectivity index is 2.42. The van der Waals surface area contributed by atoms with Gasteiger partial charge >= 0.3 is 0 Å². The highest BCUT2D eigenvalue weighted by atomic mass is 16.5. The van der Waals surface area contributed by atoms with Gasteiger partial charge in [0.05, 0.1) is 12.0 Å². The molecule has 2 heteroatoms. The molecule has 0 bridgehead atoms. The van der Waals surface area contributed by atoms with Crippen molar-refractivity contribution in [1.82, 2.24) is 0 Å². The lowest BCUT2D eigenvalue weighted by atomic mass is 10.1. The predicted octanol–water partition coefficient (Wildman–Crippen LogP) is 1.67. The SMILES string of the molecule is CC1CC2=CC=COC2=C1N. The molecule has 58 valence electrons. The third-order valence-corrected chi connectivity index (χ3v) is 2.17. The van der Waals surface area contributed by atoms with Gasteiger partial charge in [-0.05, 0) is 18.1 Å². The van der Waals surface area contributed by atoms with E-state index in [-0.39, 0.29) is 0 Å². The van der Waals surface area contributed by atoms with Crippen LogP contribution < -0.4 is 5.73 Å². The van der Waals surface area contributed by atoms with Gasteiger partial charge in [0, 0.05) is 5.92 Å². The van der Waals surface area contributed by atoms with Gasteiger partial charge in [0.25, 0.3) is 0 Å². The maximum absolute atomic E-state index is 5.81. The first kappa shape index (κ1) is 6.53. The molecule has 0 saturated carbocycles. The van der Waals surface area contributed by atoms with Gasteiger partial charge in [0.2, 0.25) is 0 Å². The molecule has 2 N–H and O–H groups in total. The molecule has 2 aliphatic rings. The summed E-state index contributed by atoms with van der Waals surface area (Å²) >= 11 is 0. The van der Waals surface area contributed by atoms with Crippen LogP contribution >= 0.6 is 0 Å². The number of ether oxygens (including phenoxy) is 1. The van der Waals surface area contributed by atoms with E-state index in [1.165, 1.54) is 5.57 Å². The van der Waals surface area contributed by atoms with Crippen LogP contribution in [0.2, 0.25) is 0 Å². The van der Waals surface area contributed by atoms with Crippen LogP contribution in [0, 0.1) is 5.92 Å². The predicted molar refractivity (Wildman–Crippen MR) is 43.3 cm³/mol. The normalized spacial score (nSPS) is 28.1. The van der Waals surface area contributed by atoms with E-state index < -0.39 is 0 Å². The van der Waals surface area contributed by atoms with Gasteiger partial charge in [-0.15, -0.1) is 0 Å². The molecule has 1 aliphatic heterocycles. The van der Waals surface area contributed by atoms with Crippen LogP contribution in [-0.2, 0) is 4.74 Å². The van der Waals surface area contributed by atoms with Gasteiger partial charge in [0.1, 0.15) is 5.76 Å². The standard InChI is InChI=1S/C9H11NO/c1-6-5-7-3-2-4-11-9(7)8(6)10/h2-4,6H,5,10H2,1H3. The molecule has 1 atom stereocenters. The Hall–Kier alpha value is -1.18. The van der Waals surface area contributed by atoms with Gasteiger partial charge in [-0.1, -0.05) is 13.0 Å². The average Bonchev–Trinajstić information content (AvgIpc) is 2.30. The first-order valence-electron chi connectivity index (χ1n) is 3.81. The Kier molecular flexibility index (Phi) is 1.28. The van der Waals surface area contributed by atoms with Crippen molar-refractivity contribution in [3.05, 3.63) is 35.4 Å². The molecular formula is C9H11NO. The molecule has 2 rings (SSSR count). The van der Waals surface area contributed by atoms with E-state index in [1.54, 1.807) is 6.26 Å². The Bertz CT molecular complexity index is 271. The van der Waals surface area contributed by atoms with E-state index in [2.05, 4.69) is 13.0 Å². The number of allylic oxidation sites excluding steroid dienone is 4. The lowest BCUT2D eigenvalue weighted by Crippen LogP contribution is -2.04. The third-order valence-electron chi connectivity index (χ3n) is 2.17. The average molecular weight is 149 g/mol. The summed E-state index contributed by atoms with van der Waals surface area (Å²) in [7, 11) is 0. The highest BCUT2D eigenvalue weighted by molar-refractivity contribution is 5.41. The molecule has 0 fully saturated rings. The maximum atomic E-state index is 5.81. The van der Waals surface area contributed by atoms with Gasteiger partial charge in [-0.25, -0.2) is 0 Å². The zero-order valence-electron chi connectivity index (χ0n) is 6.50. The van der Waals surface area contributed by atoms with Crippen molar-refractivity contribution in [3.8, 4) is 0 Å². The van der Waals surface area contributed by atoms with Crippen LogP contribution in [0.15, 0.2) is 35.4 Å². The fraction of sp³-hybridized carbons (Fsp3) is 0.333. The number of nitrogens with two attached hydrogens (primary N) is 1. The summed E-state index contributed by atoms with van der Waals surface area (Å²) in [5.74, 6) is 1.33. The number of rotatable bonds is 0. The molecule has 0 saturated heterocycles. The minimum absolute atomic E-state index is 0.441.